The zero-order chi connectivity index (χ0) is 15.2. The average molecular weight is 327 g/mol. The number of hydrogen-bond donors (Lipinski definition) is 1. The van der Waals surface area contributed by atoms with Crippen LogP contribution in [0.25, 0.3) is 11.4 Å². The molecule has 0 saturated carbocycles. The van der Waals surface area contributed by atoms with Gasteiger partial charge in [0.05, 0.1) is 6.61 Å². The SMILES string of the molecule is CCCOc1nc(NCC)nc(-c2cc(Cl)cc(Cl)c2)n1. The highest BCUT2D eigenvalue weighted by Crippen LogP contribution is 2.26. The van der Waals surface area contributed by atoms with Crippen molar-refractivity contribution in [1.82, 2.24) is 15.0 Å². The number of nitrogens with zero attached hydrogens (tertiary/aromatic N) is 3. The molecule has 0 aliphatic carbocycles. The summed E-state index contributed by atoms with van der Waals surface area (Å²) in [4.78, 5) is 12.9. The van der Waals surface area contributed by atoms with E-state index in [-0.39, 0.29) is 6.01 Å². The molecule has 1 heterocycles. The van der Waals surface area contributed by atoms with E-state index in [1.807, 2.05) is 13.8 Å². The average Bonchev–Trinajstić information content (AvgIpc) is 2.44. The third-order valence-corrected chi connectivity index (χ3v) is 2.94. The predicted octanol–water partition coefficient (Wildman–Crippen LogP) is 4.07. The van der Waals surface area contributed by atoms with Crippen molar-refractivity contribution in [3.8, 4) is 17.4 Å². The summed E-state index contributed by atoms with van der Waals surface area (Å²) in [6, 6.07) is 5.45. The van der Waals surface area contributed by atoms with Crippen LogP contribution in [0.15, 0.2) is 18.2 Å². The highest BCUT2D eigenvalue weighted by Gasteiger charge is 2.10. The Morgan fingerprint density at radius 1 is 1.05 bits per heavy atom. The van der Waals surface area contributed by atoms with Gasteiger partial charge in [0.15, 0.2) is 5.82 Å². The Balaban J connectivity index is 2.42. The van der Waals surface area contributed by atoms with Gasteiger partial charge in [-0.25, -0.2) is 0 Å². The number of anilines is 1. The van der Waals surface area contributed by atoms with E-state index < -0.39 is 0 Å². The van der Waals surface area contributed by atoms with Crippen LogP contribution < -0.4 is 10.1 Å². The van der Waals surface area contributed by atoms with Crippen LogP contribution in [-0.4, -0.2) is 28.1 Å². The fourth-order valence-corrected chi connectivity index (χ4v) is 2.19. The molecule has 1 N–H and O–H groups in total. The second-order valence-corrected chi connectivity index (χ2v) is 5.17. The van der Waals surface area contributed by atoms with Crippen molar-refractivity contribution in [3.05, 3.63) is 28.2 Å². The molecule has 0 spiro atoms. The molecule has 0 aliphatic rings. The lowest BCUT2D eigenvalue weighted by Gasteiger charge is -2.09. The second kappa shape index (κ2) is 7.43. The molecule has 0 radical (unpaired) electrons. The van der Waals surface area contributed by atoms with E-state index in [0.29, 0.717) is 35.0 Å². The summed E-state index contributed by atoms with van der Waals surface area (Å²) in [6.07, 6.45) is 0.876. The van der Waals surface area contributed by atoms with Crippen LogP contribution in [0.1, 0.15) is 20.3 Å². The van der Waals surface area contributed by atoms with Crippen LogP contribution in [0.4, 0.5) is 5.95 Å². The van der Waals surface area contributed by atoms with Gasteiger partial charge in [0.1, 0.15) is 0 Å². The summed E-state index contributed by atoms with van der Waals surface area (Å²) >= 11 is 12.0. The molecule has 0 bridgehead atoms. The number of aromatic nitrogens is 3. The van der Waals surface area contributed by atoms with Crippen LogP contribution in [0.5, 0.6) is 6.01 Å². The Hall–Kier alpha value is -1.59. The van der Waals surface area contributed by atoms with Crippen molar-refractivity contribution in [2.24, 2.45) is 0 Å². The molecule has 2 rings (SSSR count). The summed E-state index contributed by atoms with van der Waals surface area (Å²) in [5.74, 6) is 0.932. The smallest absolute Gasteiger partial charge is 0.321 e. The molecule has 21 heavy (non-hydrogen) atoms. The van der Waals surface area contributed by atoms with Crippen molar-refractivity contribution < 1.29 is 4.74 Å². The fourth-order valence-electron chi connectivity index (χ4n) is 1.66. The molecule has 2 aromatic rings. The van der Waals surface area contributed by atoms with Gasteiger partial charge in [-0.05, 0) is 31.5 Å². The monoisotopic (exact) mass is 326 g/mol. The van der Waals surface area contributed by atoms with Crippen molar-refractivity contribution in [2.75, 3.05) is 18.5 Å². The molecular formula is C14H16Cl2N4O. The molecule has 1 aromatic heterocycles. The first-order chi connectivity index (χ1) is 10.1. The minimum atomic E-state index is 0.286. The zero-order valence-electron chi connectivity index (χ0n) is 11.9. The molecule has 0 fully saturated rings. The Morgan fingerprint density at radius 3 is 2.38 bits per heavy atom. The molecule has 112 valence electrons. The van der Waals surface area contributed by atoms with Crippen molar-refractivity contribution in [3.63, 3.8) is 0 Å². The maximum Gasteiger partial charge on any atom is 0.321 e. The third kappa shape index (κ3) is 4.44. The maximum absolute atomic E-state index is 6.02. The lowest BCUT2D eigenvalue weighted by atomic mass is 10.2. The minimum absolute atomic E-state index is 0.286. The summed E-state index contributed by atoms with van der Waals surface area (Å²) in [7, 11) is 0. The lowest BCUT2D eigenvalue weighted by molar-refractivity contribution is 0.292. The number of nitrogens with one attached hydrogen (secondary N) is 1. The van der Waals surface area contributed by atoms with Crippen molar-refractivity contribution >= 4 is 29.2 Å². The van der Waals surface area contributed by atoms with Crippen LogP contribution in [0, 0.1) is 0 Å². The van der Waals surface area contributed by atoms with Gasteiger partial charge in [-0.2, -0.15) is 15.0 Å². The first-order valence-electron chi connectivity index (χ1n) is 6.71. The van der Waals surface area contributed by atoms with Crippen LogP contribution in [-0.2, 0) is 0 Å². The van der Waals surface area contributed by atoms with E-state index in [0.717, 1.165) is 12.0 Å². The normalized spacial score (nSPS) is 10.5. The molecule has 0 unspecified atom stereocenters. The summed E-state index contributed by atoms with van der Waals surface area (Å²) in [6.45, 7) is 5.23. The van der Waals surface area contributed by atoms with Crippen molar-refractivity contribution in [1.29, 1.82) is 0 Å². The lowest BCUT2D eigenvalue weighted by Crippen LogP contribution is -2.08. The fraction of sp³-hybridized carbons (Fsp3) is 0.357. The third-order valence-electron chi connectivity index (χ3n) is 2.51. The van der Waals surface area contributed by atoms with E-state index in [9.17, 15) is 0 Å². The van der Waals surface area contributed by atoms with Gasteiger partial charge in [0.2, 0.25) is 5.95 Å². The van der Waals surface area contributed by atoms with Gasteiger partial charge in [0, 0.05) is 22.2 Å². The summed E-state index contributed by atoms with van der Waals surface area (Å²) in [5, 5.41) is 4.11. The number of halogens is 2. The van der Waals surface area contributed by atoms with E-state index in [2.05, 4.69) is 20.3 Å². The number of hydrogen-bond acceptors (Lipinski definition) is 5. The van der Waals surface area contributed by atoms with E-state index in [1.165, 1.54) is 0 Å². The quantitative estimate of drug-likeness (QED) is 0.867. The highest BCUT2D eigenvalue weighted by atomic mass is 35.5. The van der Waals surface area contributed by atoms with Crippen LogP contribution in [0.2, 0.25) is 10.0 Å². The molecule has 1 aromatic carbocycles. The van der Waals surface area contributed by atoms with Gasteiger partial charge in [-0.3, -0.25) is 0 Å². The van der Waals surface area contributed by atoms with Gasteiger partial charge in [-0.1, -0.05) is 30.1 Å². The van der Waals surface area contributed by atoms with Gasteiger partial charge in [0.25, 0.3) is 0 Å². The molecule has 0 aliphatic heterocycles. The predicted molar refractivity (Wildman–Crippen MR) is 85.2 cm³/mol. The highest BCUT2D eigenvalue weighted by molar-refractivity contribution is 6.35. The van der Waals surface area contributed by atoms with E-state index >= 15 is 0 Å². The molecule has 0 atom stereocenters. The largest absolute Gasteiger partial charge is 0.463 e. The minimum Gasteiger partial charge on any atom is -0.463 e. The Kier molecular flexibility index (Phi) is 5.59. The summed E-state index contributed by atoms with van der Waals surface area (Å²) in [5.41, 5.74) is 0.718. The van der Waals surface area contributed by atoms with Gasteiger partial charge >= 0.3 is 6.01 Å². The summed E-state index contributed by atoms with van der Waals surface area (Å²) < 4.78 is 5.50. The maximum atomic E-state index is 6.02. The molecule has 0 saturated heterocycles. The topological polar surface area (TPSA) is 59.9 Å². The molecule has 7 heteroatoms. The van der Waals surface area contributed by atoms with Crippen LogP contribution in [0.3, 0.4) is 0 Å². The molecular weight excluding hydrogens is 311 g/mol. The van der Waals surface area contributed by atoms with Crippen LogP contribution >= 0.6 is 23.2 Å². The Bertz CT molecular complexity index is 602. The van der Waals surface area contributed by atoms with E-state index in [1.54, 1.807) is 18.2 Å². The molecule has 0 amide bonds. The Labute approximate surface area is 133 Å². The van der Waals surface area contributed by atoms with E-state index in [4.69, 9.17) is 27.9 Å². The van der Waals surface area contributed by atoms with Gasteiger partial charge in [-0.15, -0.1) is 0 Å². The first kappa shape index (κ1) is 15.8. The zero-order valence-corrected chi connectivity index (χ0v) is 13.4. The number of ether oxygens (including phenoxy) is 1. The Morgan fingerprint density at radius 2 is 1.76 bits per heavy atom. The second-order valence-electron chi connectivity index (χ2n) is 4.30. The van der Waals surface area contributed by atoms with Crippen molar-refractivity contribution in [2.45, 2.75) is 20.3 Å². The number of rotatable bonds is 6. The molecule has 5 nitrogen and oxygen atoms in total. The van der Waals surface area contributed by atoms with Gasteiger partial charge < -0.3 is 10.1 Å². The number of benzene rings is 1. The standard InChI is InChI=1S/C14H16Cl2N4O/c1-3-5-21-14-19-12(18-13(20-14)17-4-2)9-6-10(15)8-11(16)7-9/h6-8H,3-5H2,1-2H3,(H,17,18,19,20). The first-order valence-corrected chi connectivity index (χ1v) is 7.47.